The van der Waals surface area contributed by atoms with Crippen LogP contribution in [0.3, 0.4) is 0 Å². The van der Waals surface area contributed by atoms with Crippen LogP contribution in [0.5, 0.6) is 5.75 Å². The van der Waals surface area contributed by atoms with Crippen molar-refractivity contribution in [1.29, 1.82) is 0 Å². The van der Waals surface area contributed by atoms with Crippen molar-refractivity contribution in [3.63, 3.8) is 0 Å². The second kappa shape index (κ2) is 12.6. The van der Waals surface area contributed by atoms with E-state index < -0.39 is 0 Å². The second-order valence-electron chi connectivity index (χ2n) is 7.40. The van der Waals surface area contributed by atoms with Gasteiger partial charge in [-0.1, -0.05) is 26.0 Å². The first kappa shape index (κ1) is 24.2. The fourth-order valence-electron chi connectivity index (χ4n) is 3.34. The number of nitrogens with zero attached hydrogens (tertiary/aromatic N) is 1. The van der Waals surface area contributed by atoms with E-state index in [1.807, 2.05) is 17.0 Å². The van der Waals surface area contributed by atoms with E-state index in [0.29, 0.717) is 38.5 Å². The van der Waals surface area contributed by atoms with E-state index >= 15 is 0 Å². The number of nitrogens with two attached hydrogens (primary N) is 1. The van der Waals surface area contributed by atoms with Crippen LogP contribution in [-0.4, -0.2) is 49.0 Å². The number of piperidine rings is 1. The van der Waals surface area contributed by atoms with Crippen molar-refractivity contribution in [3.8, 4) is 5.75 Å². The molecule has 0 saturated carbocycles. The lowest BCUT2D eigenvalue weighted by molar-refractivity contribution is -0.136. The monoisotopic (exact) mass is 411 g/mol. The number of likely N-dealkylation sites (tertiary alicyclic amines) is 1. The SMILES string of the molecule is CC(C)c1ccc(OCCC(=O)N2CCCCC2CNC(=O)CCN)cc1.Cl. The Kier molecular flexibility index (Phi) is 10.9. The number of carbonyl (C=O) groups excluding carboxylic acids is 2. The highest BCUT2D eigenvalue weighted by molar-refractivity contribution is 5.85. The summed E-state index contributed by atoms with van der Waals surface area (Å²) in [6.45, 7) is 6.27. The number of hydrogen-bond acceptors (Lipinski definition) is 4. The maximum Gasteiger partial charge on any atom is 0.226 e. The Labute approximate surface area is 174 Å². The third kappa shape index (κ3) is 7.68. The highest BCUT2D eigenvalue weighted by Gasteiger charge is 2.26. The van der Waals surface area contributed by atoms with Crippen molar-refractivity contribution in [2.24, 2.45) is 5.73 Å². The number of carbonyl (C=O) groups is 2. The van der Waals surface area contributed by atoms with Crippen LogP contribution in [-0.2, 0) is 9.59 Å². The van der Waals surface area contributed by atoms with Gasteiger partial charge in [0, 0.05) is 32.1 Å². The molecule has 1 aliphatic heterocycles. The summed E-state index contributed by atoms with van der Waals surface area (Å²) in [5.41, 5.74) is 6.67. The number of nitrogens with one attached hydrogen (secondary N) is 1. The van der Waals surface area contributed by atoms with Crippen LogP contribution in [0, 0.1) is 0 Å². The molecule has 1 aliphatic rings. The van der Waals surface area contributed by atoms with E-state index in [1.54, 1.807) is 0 Å². The summed E-state index contributed by atoms with van der Waals surface area (Å²) in [4.78, 5) is 26.2. The Morgan fingerprint density at radius 1 is 1.21 bits per heavy atom. The average molecular weight is 412 g/mol. The summed E-state index contributed by atoms with van der Waals surface area (Å²) in [6, 6.07) is 8.10. The van der Waals surface area contributed by atoms with Gasteiger partial charge in [0.1, 0.15) is 5.75 Å². The molecule has 0 radical (unpaired) electrons. The summed E-state index contributed by atoms with van der Waals surface area (Å²) in [5, 5.41) is 2.89. The molecule has 6 nitrogen and oxygen atoms in total. The van der Waals surface area contributed by atoms with E-state index in [2.05, 4.69) is 31.3 Å². The molecule has 0 bridgehead atoms. The normalized spacial score (nSPS) is 16.4. The minimum Gasteiger partial charge on any atom is -0.493 e. The largest absolute Gasteiger partial charge is 0.493 e. The van der Waals surface area contributed by atoms with Crippen LogP contribution in [0.4, 0.5) is 0 Å². The minimum absolute atomic E-state index is 0. The van der Waals surface area contributed by atoms with Crippen LogP contribution in [0.25, 0.3) is 0 Å². The molecule has 1 saturated heterocycles. The Balaban J connectivity index is 0.00000392. The smallest absolute Gasteiger partial charge is 0.226 e. The highest BCUT2D eigenvalue weighted by Crippen LogP contribution is 2.20. The molecule has 0 aliphatic carbocycles. The number of rotatable bonds is 9. The molecule has 1 heterocycles. The van der Waals surface area contributed by atoms with Gasteiger partial charge in [-0.15, -0.1) is 12.4 Å². The molecule has 1 atom stereocenters. The molecule has 28 heavy (non-hydrogen) atoms. The number of halogens is 1. The van der Waals surface area contributed by atoms with Gasteiger partial charge in [0.2, 0.25) is 11.8 Å². The summed E-state index contributed by atoms with van der Waals surface area (Å²) in [7, 11) is 0. The van der Waals surface area contributed by atoms with E-state index in [-0.39, 0.29) is 30.3 Å². The van der Waals surface area contributed by atoms with Crippen molar-refractivity contribution >= 4 is 24.2 Å². The van der Waals surface area contributed by atoms with Gasteiger partial charge in [0.05, 0.1) is 13.0 Å². The first-order valence-corrected chi connectivity index (χ1v) is 10.00. The molecule has 1 aromatic carbocycles. The second-order valence-corrected chi connectivity index (χ2v) is 7.40. The molecule has 1 aromatic rings. The number of ether oxygens (including phenoxy) is 1. The molecular formula is C21H34ClN3O3. The van der Waals surface area contributed by atoms with Crippen LogP contribution in [0.2, 0.25) is 0 Å². The lowest BCUT2D eigenvalue weighted by Crippen LogP contribution is -2.49. The van der Waals surface area contributed by atoms with Crippen molar-refractivity contribution < 1.29 is 14.3 Å². The van der Waals surface area contributed by atoms with Crippen LogP contribution < -0.4 is 15.8 Å². The van der Waals surface area contributed by atoms with Gasteiger partial charge in [-0.25, -0.2) is 0 Å². The van der Waals surface area contributed by atoms with Crippen molar-refractivity contribution in [3.05, 3.63) is 29.8 Å². The quantitative estimate of drug-likeness (QED) is 0.654. The number of amides is 2. The molecule has 0 aromatic heterocycles. The average Bonchev–Trinajstić information content (AvgIpc) is 2.67. The summed E-state index contributed by atoms with van der Waals surface area (Å²) < 4.78 is 5.74. The third-order valence-electron chi connectivity index (χ3n) is 4.99. The van der Waals surface area contributed by atoms with Gasteiger partial charge >= 0.3 is 0 Å². The maximum atomic E-state index is 12.6. The zero-order valence-corrected chi connectivity index (χ0v) is 17.8. The Morgan fingerprint density at radius 3 is 2.57 bits per heavy atom. The molecule has 0 spiro atoms. The minimum atomic E-state index is -0.0522. The van der Waals surface area contributed by atoms with Gasteiger partial charge in [-0.3, -0.25) is 9.59 Å². The zero-order valence-electron chi connectivity index (χ0n) is 17.0. The highest BCUT2D eigenvalue weighted by atomic mass is 35.5. The van der Waals surface area contributed by atoms with Crippen molar-refractivity contribution in [2.75, 3.05) is 26.2 Å². The van der Waals surface area contributed by atoms with E-state index in [4.69, 9.17) is 10.5 Å². The molecule has 2 rings (SSSR count). The fourth-order valence-corrected chi connectivity index (χ4v) is 3.34. The summed E-state index contributed by atoms with van der Waals surface area (Å²) in [6.07, 6.45) is 3.69. The predicted octanol–water partition coefficient (Wildman–Crippen LogP) is 2.85. The van der Waals surface area contributed by atoms with Gasteiger partial charge in [0.15, 0.2) is 0 Å². The summed E-state index contributed by atoms with van der Waals surface area (Å²) in [5.74, 6) is 1.31. The predicted molar refractivity (Wildman–Crippen MR) is 114 cm³/mol. The zero-order chi connectivity index (χ0) is 19.6. The molecule has 3 N–H and O–H groups in total. The lowest BCUT2D eigenvalue weighted by Gasteiger charge is -2.36. The van der Waals surface area contributed by atoms with E-state index in [9.17, 15) is 9.59 Å². The molecule has 1 fully saturated rings. The van der Waals surface area contributed by atoms with Gasteiger partial charge in [-0.05, 0) is 42.9 Å². The van der Waals surface area contributed by atoms with E-state index in [0.717, 1.165) is 31.6 Å². The van der Waals surface area contributed by atoms with E-state index in [1.165, 1.54) is 5.56 Å². The lowest BCUT2D eigenvalue weighted by atomic mass is 10.0. The fraction of sp³-hybridized carbons (Fsp3) is 0.619. The Bertz CT molecular complexity index is 607. The first-order chi connectivity index (χ1) is 13.0. The summed E-state index contributed by atoms with van der Waals surface area (Å²) >= 11 is 0. The van der Waals surface area contributed by atoms with Crippen LogP contribution in [0.15, 0.2) is 24.3 Å². The Morgan fingerprint density at radius 2 is 1.93 bits per heavy atom. The maximum absolute atomic E-state index is 12.6. The molecular weight excluding hydrogens is 378 g/mol. The standard InChI is InChI=1S/C21H33N3O3.ClH/c1-16(2)17-6-8-19(9-7-17)27-14-11-21(26)24-13-4-3-5-18(24)15-23-20(25)10-12-22;/h6-9,16,18H,3-5,10-15,22H2,1-2H3,(H,23,25);1H. The van der Waals surface area contributed by atoms with Gasteiger partial charge in [-0.2, -0.15) is 0 Å². The Hall–Kier alpha value is -1.79. The topological polar surface area (TPSA) is 84.7 Å². The van der Waals surface area contributed by atoms with Crippen molar-refractivity contribution in [1.82, 2.24) is 10.2 Å². The van der Waals surface area contributed by atoms with Gasteiger partial charge in [0.25, 0.3) is 0 Å². The molecule has 1 unspecified atom stereocenters. The third-order valence-corrected chi connectivity index (χ3v) is 4.99. The van der Waals surface area contributed by atoms with Crippen molar-refractivity contribution in [2.45, 2.75) is 57.9 Å². The van der Waals surface area contributed by atoms with Crippen LogP contribution in [0.1, 0.15) is 57.4 Å². The van der Waals surface area contributed by atoms with Gasteiger partial charge < -0.3 is 20.7 Å². The first-order valence-electron chi connectivity index (χ1n) is 10.00. The number of benzene rings is 1. The van der Waals surface area contributed by atoms with Crippen LogP contribution >= 0.6 is 12.4 Å². The number of hydrogen-bond donors (Lipinski definition) is 2. The molecule has 2 amide bonds. The molecule has 158 valence electrons. The molecule has 7 heteroatoms.